The minimum atomic E-state index is -0.782. The lowest BCUT2D eigenvalue weighted by atomic mass is 9.79. The molecule has 0 amide bonds. The molecule has 5 nitrogen and oxygen atoms in total. The Labute approximate surface area is 117 Å². The van der Waals surface area contributed by atoms with Crippen molar-refractivity contribution >= 4 is 23.1 Å². The second kappa shape index (κ2) is 5.15. The predicted octanol–water partition coefficient (Wildman–Crippen LogP) is 3.42. The molecule has 0 saturated heterocycles. The first-order chi connectivity index (χ1) is 9.67. The summed E-state index contributed by atoms with van der Waals surface area (Å²) in [5.74, 6) is -0.782. The van der Waals surface area contributed by atoms with Crippen molar-refractivity contribution in [3.63, 3.8) is 0 Å². The maximum absolute atomic E-state index is 11.1. The summed E-state index contributed by atoms with van der Waals surface area (Å²) in [6, 6.07) is 7.97. The van der Waals surface area contributed by atoms with E-state index in [1.807, 2.05) is 24.3 Å². The number of fused-ring (bicyclic) bond motifs is 1. The van der Waals surface area contributed by atoms with Gasteiger partial charge in [-0.25, -0.2) is 0 Å². The van der Waals surface area contributed by atoms with E-state index in [0.717, 1.165) is 43.2 Å². The summed E-state index contributed by atoms with van der Waals surface area (Å²) in [4.78, 5) is 15.5. The number of benzene rings is 1. The van der Waals surface area contributed by atoms with Crippen molar-refractivity contribution in [2.45, 2.75) is 44.1 Å². The van der Waals surface area contributed by atoms with Crippen LogP contribution < -0.4 is 5.32 Å². The van der Waals surface area contributed by atoms with Gasteiger partial charge in [0.2, 0.25) is 0 Å². The molecule has 1 aliphatic rings. The average Bonchev–Trinajstić information content (AvgIpc) is 2.80. The second-order valence-corrected chi connectivity index (χ2v) is 5.52. The van der Waals surface area contributed by atoms with Crippen molar-refractivity contribution in [2.24, 2.45) is 0 Å². The lowest BCUT2D eigenvalue weighted by Gasteiger charge is -2.36. The molecule has 1 aliphatic carbocycles. The van der Waals surface area contributed by atoms with Gasteiger partial charge in [0.15, 0.2) is 5.58 Å². The van der Waals surface area contributed by atoms with Gasteiger partial charge in [0.25, 0.3) is 6.01 Å². The first-order valence-electron chi connectivity index (χ1n) is 7.02. The molecule has 1 aromatic carbocycles. The minimum absolute atomic E-state index is 0.103. The number of anilines is 1. The molecule has 5 heteroatoms. The minimum Gasteiger partial charge on any atom is -0.481 e. The zero-order valence-corrected chi connectivity index (χ0v) is 11.3. The van der Waals surface area contributed by atoms with Crippen LogP contribution in [0.25, 0.3) is 11.1 Å². The Morgan fingerprint density at radius 3 is 2.75 bits per heavy atom. The zero-order chi connectivity index (χ0) is 14.0. The van der Waals surface area contributed by atoms with Gasteiger partial charge >= 0.3 is 5.97 Å². The lowest BCUT2D eigenvalue weighted by Crippen LogP contribution is -2.42. The molecule has 0 unspecified atom stereocenters. The quantitative estimate of drug-likeness (QED) is 0.893. The molecule has 106 valence electrons. The third-order valence-corrected chi connectivity index (χ3v) is 3.97. The third kappa shape index (κ3) is 2.61. The van der Waals surface area contributed by atoms with Gasteiger partial charge in [0, 0.05) is 0 Å². The standard InChI is InChI=1S/C15H18N2O3/c18-13(19)10-15(8-4-1-5-9-15)17-14-16-11-6-2-3-7-12(11)20-14/h2-3,6-7H,1,4-5,8-10H2,(H,16,17)(H,18,19). The molecule has 1 saturated carbocycles. The molecular weight excluding hydrogens is 256 g/mol. The van der Waals surface area contributed by atoms with Crippen molar-refractivity contribution in [2.75, 3.05) is 5.32 Å². The van der Waals surface area contributed by atoms with E-state index >= 15 is 0 Å². The van der Waals surface area contributed by atoms with Gasteiger partial charge in [-0.3, -0.25) is 4.79 Å². The number of rotatable bonds is 4. The summed E-state index contributed by atoms with van der Waals surface area (Å²) in [7, 11) is 0. The topological polar surface area (TPSA) is 75.4 Å². The average molecular weight is 274 g/mol. The Morgan fingerprint density at radius 2 is 2.05 bits per heavy atom. The van der Waals surface area contributed by atoms with Crippen LogP contribution in [0.2, 0.25) is 0 Å². The molecular formula is C15H18N2O3. The summed E-state index contributed by atoms with van der Waals surface area (Å²) >= 11 is 0. The number of carbonyl (C=O) groups is 1. The normalized spacial score (nSPS) is 18.0. The monoisotopic (exact) mass is 274 g/mol. The summed E-state index contributed by atoms with van der Waals surface area (Å²) in [5, 5.41) is 12.4. The highest BCUT2D eigenvalue weighted by Gasteiger charge is 2.35. The molecule has 1 heterocycles. The van der Waals surface area contributed by atoms with Crippen LogP contribution in [0.3, 0.4) is 0 Å². The first kappa shape index (κ1) is 13.0. The first-order valence-corrected chi connectivity index (χ1v) is 7.02. The molecule has 0 radical (unpaired) electrons. The van der Waals surface area contributed by atoms with Crippen molar-refractivity contribution in [3.8, 4) is 0 Å². The largest absolute Gasteiger partial charge is 0.481 e. The smallest absolute Gasteiger partial charge is 0.305 e. The molecule has 0 spiro atoms. The van der Waals surface area contributed by atoms with Gasteiger partial charge in [-0.05, 0) is 25.0 Å². The number of aromatic nitrogens is 1. The molecule has 1 aromatic heterocycles. The highest BCUT2D eigenvalue weighted by atomic mass is 16.4. The number of nitrogens with one attached hydrogen (secondary N) is 1. The van der Waals surface area contributed by atoms with Crippen molar-refractivity contribution in [3.05, 3.63) is 24.3 Å². The SMILES string of the molecule is O=C(O)CC1(Nc2nc3ccccc3o2)CCCCC1. The van der Waals surface area contributed by atoms with E-state index in [0.29, 0.717) is 6.01 Å². The number of aliphatic carboxylic acids is 1. The van der Waals surface area contributed by atoms with Crippen LogP contribution >= 0.6 is 0 Å². The Hall–Kier alpha value is -2.04. The van der Waals surface area contributed by atoms with Crippen LogP contribution in [-0.4, -0.2) is 21.6 Å². The maximum atomic E-state index is 11.1. The summed E-state index contributed by atoms with van der Waals surface area (Å²) in [6.07, 6.45) is 5.04. The molecule has 3 rings (SSSR count). The highest BCUT2D eigenvalue weighted by molar-refractivity contribution is 5.74. The van der Waals surface area contributed by atoms with Crippen molar-refractivity contribution < 1.29 is 14.3 Å². The van der Waals surface area contributed by atoms with Crippen LogP contribution in [0.1, 0.15) is 38.5 Å². The maximum Gasteiger partial charge on any atom is 0.305 e. The van der Waals surface area contributed by atoms with E-state index in [9.17, 15) is 4.79 Å². The van der Waals surface area contributed by atoms with Gasteiger partial charge in [-0.1, -0.05) is 31.4 Å². The van der Waals surface area contributed by atoms with Gasteiger partial charge in [0.05, 0.1) is 12.0 Å². The molecule has 2 N–H and O–H groups in total. The highest BCUT2D eigenvalue weighted by Crippen LogP contribution is 2.35. The molecule has 2 aromatic rings. The number of hydrogen-bond donors (Lipinski definition) is 2. The molecule has 1 fully saturated rings. The van der Waals surface area contributed by atoms with Gasteiger partial charge in [-0.15, -0.1) is 0 Å². The molecule has 20 heavy (non-hydrogen) atoms. The molecule has 0 atom stereocenters. The van der Waals surface area contributed by atoms with Crippen LogP contribution in [0.15, 0.2) is 28.7 Å². The van der Waals surface area contributed by atoms with E-state index in [4.69, 9.17) is 9.52 Å². The predicted molar refractivity (Wildman–Crippen MR) is 75.7 cm³/mol. The van der Waals surface area contributed by atoms with E-state index in [1.54, 1.807) is 0 Å². The van der Waals surface area contributed by atoms with Gasteiger partial charge in [-0.2, -0.15) is 4.98 Å². The summed E-state index contributed by atoms with van der Waals surface area (Å²) < 4.78 is 5.66. The fraction of sp³-hybridized carbons (Fsp3) is 0.467. The number of oxazole rings is 1. The Morgan fingerprint density at radius 1 is 1.30 bits per heavy atom. The van der Waals surface area contributed by atoms with Gasteiger partial charge < -0.3 is 14.8 Å². The number of carboxylic acid groups (broad SMARTS) is 1. The van der Waals surface area contributed by atoms with E-state index in [1.165, 1.54) is 0 Å². The van der Waals surface area contributed by atoms with Crippen LogP contribution in [-0.2, 0) is 4.79 Å². The van der Waals surface area contributed by atoms with E-state index in [2.05, 4.69) is 10.3 Å². The zero-order valence-electron chi connectivity index (χ0n) is 11.3. The number of para-hydroxylation sites is 2. The Bertz CT molecular complexity index is 581. The molecule has 0 aliphatic heterocycles. The Balaban J connectivity index is 1.86. The number of nitrogens with zero attached hydrogens (tertiary/aromatic N) is 1. The second-order valence-electron chi connectivity index (χ2n) is 5.52. The Kier molecular flexibility index (Phi) is 3.34. The van der Waals surface area contributed by atoms with Crippen molar-refractivity contribution in [1.82, 2.24) is 4.98 Å². The summed E-state index contributed by atoms with van der Waals surface area (Å²) in [5.41, 5.74) is 1.08. The fourth-order valence-corrected chi connectivity index (χ4v) is 3.02. The van der Waals surface area contributed by atoms with Crippen LogP contribution in [0, 0.1) is 0 Å². The van der Waals surface area contributed by atoms with E-state index in [-0.39, 0.29) is 6.42 Å². The summed E-state index contributed by atoms with van der Waals surface area (Å²) in [6.45, 7) is 0. The van der Waals surface area contributed by atoms with Crippen LogP contribution in [0.4, 0.5) is 6.01 Å². The third-order valence-electron chi connectivity index (χ3n) is 3.97. The number of hydrogen-bond acceptors (Lipinski definition) is 4. The lowest BCUT2D eigenvalue weighted by molar-refractivity contribution is -0.138. The van der Waals surface area contributed by atoms with Crippen molar-refractivity contribution in [1.29, 1.82) is 0 Å². The van der Waals surface area contributed by atoms with Crippen LogP contribution in [0.5, 0.6) is 0 Å². The van der Waals surface area contributed by atoms with Gasteiger partial charge in [0.1, 0.15) is 5.52 Å². The molecule has 0 bridgehead atoms. The fourth-order valence-electron chi connectivity index (χ4n) is 3.02. The van der Waals surface area contributed by atoms with E-state index < -0.39 is 11.5 Å². The number of carboxylic acids is 1.